The minimum absolute atomic E-state index is 0.0693. The van der Waals surface area contributed by atoms with Crippen LogP contribution >= 0.6 is 0 Å². The van der Waals surface area contributed by atoms with Crippen LogP contribution in [0.2, 0.25) is 0 Å². The summed E-state index contributed by atoms with van der Waals surface area (Å²) in [5, 5.41) is 5.23. The third kappa shape index (κ3) is 3.69. The normalized spacial score (nSPS) is 12.0. The fourth-order valence-electron chi connectivity index (χ4n) is 2.99. The summed E-state index contributed by atoms with van der Waals surface area (Å²) in [4.78, 5) is 15.6. The number of hydrogen-bond acceptors (Lipinski definition) is 2. The number of amides is 1. The Labute approximate surface area is 154 Å². The maximum Gasteiger partial charge on any atom is 0.271 e. The van der Waals surface area contributed by atoms with E-state index in [-0.39, 0.29) is 11.3 Å². The number of hydrazone groups is 1. The second-order valence-electron chi connectivity index (χ2n) is 7.46. The Morgan fingerprint density at radius 3 is 2.54 bits per heavy atom. The first kappa shape index (κ1) is 17.9. The highest BCUT2D eigenvalue weighted by Gasteiger charge is 2.14. The molecule has 2 aromatic carbocycles. The van der Waals surface area contributed by atoms with Gasteiger partial charge >= 0.3 is 0 Å². The van der Waals surface area contributed by atoms with Crippen LogP contribution in [0, 0.1) is 0 Å². The number of aromatic nitrogens is 1. The molecule has 0 atom stereocenters. The smallest absolute Gasteiger partial charge is 0.271 e. The average Bonchev–Trinajstić information content (AvgIpc) is 3.04. The van der Waals surface area contributed by atoms with Gasteiger partial charge in [-0.2, -0.15) is 5.10 Å². The third-order valence-corrected chi connectivity index (χ3v) is 4.60. The lowest BCUT2D eigenvalue weighted by Crippen LogP contribution is -2.18. The number of para-hydroxylation sites is 1. The van der Waals surface area contributed by atoms with E-state index in [1.54, 1.807) is 6.21 Å². The van der Waals surface area contributed by atoms with Crippen molar-refractivity contribution in [1.82, 2.24) is 10.4 Å². The Hall–Kier alpha value is -2.88. The van der Waals surface area contributed by atoms with Gasteiger partial charge in [0.15, 0.2) is 0 Å². The van der Waals surface area contributed by atoms with Gasteiger partial charge in [-0.05, 0) is 35.1 Å². The molecule has 4 nitrogen and oxygen atoms in total. The largest absolute Gasteiger partial charge is 0.360 e. The Kier molecular flexibility index (Phi) is 4.94. The molecule has 1 amide bonds. The Morgan fingerprint density at radius 1 is 1.15 bits per heavy atom. The summed E-state index contributed by atoms with van der Waals surface area (Å²) < 4.78 is 0. The van der Waals surface area contributed by atoms with E-state index in [1.165, 1.54) is 11.1 Å². The maximum atomic E-state index is 12.3. The molecule has 1 aromatic heterocycles. The van der Waals surface area contributed by atoms with Gasteiger partial charge in [-0.25, -0.2) is 5.43 Å². The number of aryl methyl sites for hydroxylation is 1. The van der Waals surface area contributed by atoms with Crippen molar-refractivity contribution in [3.8, 4) is 0 Å². The summed E-state index contributed by atoms with van der Waals surface area (Å²) >= 11 is 0. The molecule has 3 rings (SSSR count). The molecule has 0 bridgehead atoms. The van der Waals surface area contributed by atoms with Gasteiger partial charge < -0.3 is 4.98 Å². The number of nitrogens with one attached hydrogen (secondary N) is 2. The van der Waals surface area contributed by atoms with E-state index in [0.29, 0.717) is 5.56 Å². The number of nitrogens with zero attached hydrogens (tertiary/aromatic N) is 1. The number of fused-ring (bicyclic) bond motifs is 1. The summed E-state index contributed by atoms with van der Waals surface area (Å²) in [7, 11) is 0. The van der Waals surface area contributed by atoms with Gasteiger partial charge in [0, 0.05) is 28.2 Å². The Balaban J connectivity index is 1.72. The summed E-state index contributed by atoms with van der Waals surface area (Å²) in [6, 6.07) is 13.9. The number of aromatic amines is 1. The lowest BCUT2D eigenvalue weighted by molar-refractivity contribution is 0.0955. The first-order chi connectivity index (χ1) is 12.4. The first-order valence-corrected chi connectivity index (χ1v) is 8.93. The molecule has 0 aliphatic heterocycles. The molecule has 0 aliphatic carbocycles. The standard InChI is InChI=1S/C22H25N3O/c1-5-15-7-6-8-19-17(13-23-20(15)19)14-24-25-21(26)16-9-11-18(12-10-16)22(2,3)4/h6-14,23H,5H2,1-4H3,(H,25,26). The Bertz CT molecular complexity index is 944. The van der Waals surface area contributed by atoms with Crippen LogP contribution in [-0.2, 0) is 11.8 Å². The van der Waals surface area contributed by atoms with Crippen LogP contribution in [-0.4, -0.2) is 17.1 Å². The second-order valence-corrected chi connectivity index (χ2v) is 7.46. The molecule has 0 aliphatic rings. The molecule has 134 valence electrons. The molecule has 0 saturated carbocycles. The van der Waals surface area contributed by atoms with E-state index >= 15 is 0 Å². The molecule has 0 fully saturated rings. The van der Waals surface area contributed by atoms with E-state index in [9.17, 15) is 4.79 Å². The van der Waals surface area contributed by atoms with Crippen LogP contribution in [0.1, 0.15) is 54.7 Å². The van der Waals surface area contributed by atoms with E-state index in [4.69, 9.17) is 0 Å². The van der Waals surface area contributed by atoms with Gasteiger partial charge in [-0.1, -0.05) is 58.0 Å². The molecule has 1 heterocycles. The average molecular weight is 347 g/mol. The molecule has 26 heavy (non-hydrogen) atoms. The fourth-order valence-corrected chi connectivity index (χ4v) is 2.99. The molecule has 0 unspecified atom stereocenters. The van der Waals surface area contributed by atoms with Crippen LogP contribution in [0.3, 0.4) is 0 Å². The van der Waals surface area contributed by atoms with Gasteiger partial charge in [0.1, 0.15) is 0 Å². The van der Waals surface area contributed by atoms with E-state index < -0.39 is 0 Å². The number of carbonyl (C=O) groups excluding carboxylic acids is 1. The topological polar surface area (TPSA) is 57.2 Å². The lowest BCUT2D eigenvalue weighted by Gasteiger charge is -2.18. The van der Waals surface area contributed by atoms with Gasteiger partial charge in [0.25, 0.3) is 5.91 Å². The third-order valence-electron chi connectivity index (χ3n) is 4.60. The number of rotatable bonds is 4. The SMILES string of the molecule is CCc1cccc2c(C=NNC(=O)c3ccc(C(C)(C)C)cc3)c[nH]c12. The summed E-state index contributed by atoms with van der Waals surface area (Å²) in [5.74, 6) is -0.212. The quantitative estimate of drug-likeness (QED) is 0.517. The monoisotopic (exact) mass is 347 g/mol. The number of H-pyrrole nitrogens is 1. The van der Waals surface area contributed by atoms with Crippen molar-refractivity contribution in [3.63, 3.8) is 0 Å². The lowest BCUT2D eigenvalue weighted by atomic mass is 9.87. The Morgan fingerprint density at radius 2 is 1.88 bits per heavy atom. The van der Waals surface area contributed by atoms with Crippen molar-refractivity contribution in [2.45, 2.75) is 39.5 Å². The molecule has 3 aromatic rings. The van der Waals surface area contributed by atoms with Crippen molar-refractivity contribution in [1.29, 1.82) is 0 Å². The molecular weight excluding hydrogens is 322 g/mol. The van der Waals surface area contributed by atoms with Crippen LogP contribution in [0.4, 0.5) is 0 Å². The van der Waals surface area contributed by atoms with Crippen molar-refractivity contribution in [2.24, 2.45) is 5.10 Å². The van der Waals surface area contributed by atoms with Crippen molar-refractivity contribution in [2.75, 3.05) is 0 Å². The summed E-state index contributed by atoms with van der Waals surface area (Å²) in [6.07, 6.45) is 4.56. The van der Waals surface area contributed by atoms with Gasteiger partial charge in [-0.3, -0.25) is 4.79 Å². The maximum absolute atomic E-state index is 12.3. The molecule has 2 N–H and O–H groups in total. The van der Waals surface area contributed by atoms with Gasteiger partial charge in [0.05, 0.1) is 6.21 Å². The highest BCUT2D eigenvalue weighted by Crippen LogP contribution is 2.22. The number of benzene rings is 2. The van der Waals surface area contributed by atoms with Gasteiger partial charge in [0.2, 0.25) is 0 Å². The zero-order valence-electron chi connectivity index (χ0n) is 15.8. The number of hydrogen-bond donors (Lipinski definition) is 2. The predicted octanol–water partition coefficient (Wildman–Crippen LogP) is 4.79. The first-order valence-electron chi connectivity index (χ1n) is 8.93. The van der Waals surface area contributed by atoms with Crippen LogP contribution in [0.25, 0.3) is 10.9 Å². The molecule has 0 saturated heterocycles. The van der Waals surface area contributed by atoms with E-state index in [0.717, 1.165) is 22.9 Å². The van der Waals surface area contributed by atoms with E-state index in [2.05, 4.69) is 55.3 Å². The minimum Gasteiger partial charge on any atom is -0.360 e. The molecular formula is C22H25N3O. The zero-order valence-corrected chi connectivity index (χ0v) is 15.8. The van der Waals surface area contributed by atoms with E-state index in [1.807, 2.05) is 36.5 Å². The molecule has 0 spiro atoms. The van der Waals surface area contributed by atoms with Crippen molar-refractivity contribution >= 4 is 23.0 Å². The fraction of sp³-hybridized carbons (Fsp3) is 0.273. The predicted molar refractivity (Wildman–Crippen MR) is 108 cm³/mol. The van der Waals surface area contributed by atoms with Crippen LogP contribution < -0.4 is 5.43 Å². The van der Waals surface area contributed by atoms with Crippen LogP contribution in [0.5, 0.6) is 0 Å². The molecule has 4 heteroatoms. The van der Waals surface area contributed by atoms with Gasteiger partial charge in [-0.15, -0.1) is 0 Å². The highest BCUT2D eigenvalue weighted by molar-refractivity contribution is 6.01. The van der Waals surface area contributed by atoms with Crippen molar-refractivity contribution in [3.05, 3.63) is 70.9 Å². The second kappa shape index (κ2) is 7.16. The van der Waals surface area contributed by atoms with Crippen molar-refractivity contribution < 1.29 is 4.79 Å². The molecule has 0 radical (unpaired) electrons. The number of carbonyl (C=O) groups is 1. The highest BCUT2D eigenvalue weighted by atomic mass is 16.2. The summed E-state index contributed by atoms with van der Waals surface area (Å²) in [6.45, 7) is 8.58. The summed E-state index contributed by atoms with van der Waals surface area (Å²) in [5.41, 5.74) is 7.82. The van der Waals surface area contributed by atoms with Crippen LogP contribution in [0.15, 0.2) is 53.8 Å². The zero-order chi connectivity index (χ0) is 18.7. The minimum atomic E-state index is -0.212.